The zero-order chi connectivity index (χ0) is 42.1. The number of aliphatic hydroxyl groups is 2. The van der Waals surface area contributed by atoms with Crippen molar-refractivity contribution in [1.82, 2.24) is 5.32 Å². The van der Waals surface area contributed by atoms with Crippen LogP contribution in [0, 0.1) is 0 Å². The maximum atomic E-state index is 12.4. The van der Waals surface area contributed by atoms with Crippen LogP contribution in [-0.4, -0.2) is 34.9 Å². The van der Waals surface area contributed by atoms with E-state index in [2.05, 4.69) is 43.5 Å². The summed E-state index contributed by atoms with van der Waals surface area (Å²) in [5.74, 6) is -0.0745. The standard InChI is InChI=1S/C54H103NO3/c1-3-5-7-9-11-13-15-17-18-19-20-21-22-23-24-25-26-27-28-29-30-31-32-33-34-35-36-38-40-42-44-46-48-50-54(58)55-52(51-56)53(57)49-47-45-43-41-39-37-16-14-12-10-8-6-4-2/h12,14,39,41,47,49,52-53,56-57H,3-11,13,15-38,40,42-46,48,50-51H2,1-2H3,(H,55,58)/b14-12+,41-39+,49-47+. The first-order valence-corrected chi connectivity index (χ1v) is 26.2. The minimum atomic E-state index is -0.867. The van der Waals surface area contributed by atoms with Crippen molar-refractivity contribution in [3.8, 4) is 0 Å². The molecule has 0 aliphatic heterocycles. The molecule has 3 N–H and O–H groups in total. The van der Waals surface area contributed by atoms with Gasteiger partial charge in [-0.1, -0.05) is 269 Å². The van der Waals surface area contributed by atoms with E-state index in [1.165, 1.54) is 225 Å². The summed E-state index contributed by atoms with van der Waals surface area (Å²) >= 11 is 0. The van der Waals surface area contributed by atoms with Crippen molar-refractivity contribution < 1.29 is 15.0 Å². The van der Waals surface area contributed by atoms with Gasteiger partial charge in [0.05, 0.1) is 18.8 Å². The molecule has 0 spiro atoms. The summed E-state index contributed by atoms with van der Waals surface area (Å²) in [4.78, 5) is 12.4. The molecule has 0 aromatic heterocycles. The fourth-order valence-electron chi connectivity index (χ4n) is 8.10. The van der Waals surface area contributed by atoms with E-state index in [9.17, 15) is 15.0 Å². The van der Waals surface area contributed by atoms with Crippen molar-refractivity contribution in [2.75, 3.05) is 6.61 Å². The average molecular weight is 814 g/mol. The van der Waals surface area contributed by atoms with Crippen LogP contribution in [0.15, 0.2) is 36.5 Å². The van der Waals surface area contributed by atoms with Gasteiger partial charge in [-0.25, -0.2) is 0 Å². The minimum Gasteiger partial charge on any atom is -0.394 e. The lowest BCUT2D eigenvalue weighted by Gasteiger charge is -2.19. The van der Waals surface area contributed by atoms with Crippen LogP contribution in [0.2, 0.25) is 0 Å². The van der Waals surface area contributed by atoms with Crippen molar-refractivity contribution in [3.05, 3.63) is 36.5 Å². The molecule has 4 nitrogen and oxygen atoms in total. The number of unbranched alkanes of at least 4 members (excludes halogenated alkanes) is 37. The summed E-state index contributed by atoms with van der Waals surface area (Å²) in [6.07, 6.45) is 67.4. The normalized spacial score (nSPS) is 13.1. The number of nitrogens with one attached hydrogen (secondary N) is 1. The number of carbonyl (C=O) groups excluding carboxylic acids is 1. The van der Waals surface area contributed by atoms with Gasteiger partial charge in [-0.3, -0.25) is 4.79 Å². The Labute approximate surface area is 363 Å². The molecule has 2 atom stereocenters. The van der Waals surface area contributed by atoms with Gasteiger partial charge in [-0.05, 0) is 44.9 Å². The highest BCUT2D eigenvalue weighted by Gasteiger charge is 2.17. The summed E-state index contributed by atoms with van der Waals surface area (Å²) in [6, 6.07) is -0.642. The Kier molecular flexibility index (Phi) is 48.8. The molecule has 0 aliphatic carbocycles. The zero-order valence-electron chi connectivity index (χ0n) is 39.3. The van der Waals surface area contributed by atoms with Crippen LogP contribution in [0.5, 0.6) is 0 Å². The quantitative estimate of drug-likeness (QED) is 0.0423. The summed E-state index contributed by atoms with van der Waals surface area (Å²) in [6.45, 7) is 4.28. The molecule has 0 heterocycles. The molecule has 342 valence electrons. The number of hydrogen-bond donors (Lipinski definition) is 3. The third-order valence-electron chi connectivity index (χ3n) is 12.1. The van der Waals surface area contributed by atoms with Gasteiger partial charge in [0.2, 0.25) is 5.91 Å². The van der Waals surface area contributed by atoms with E-state index in [1.54, 1.807) is 6.08 Å². The molecule has 1 amide bonds. The van der Waals surface area contributed by atoms with Crippen LogP contribution < -0.4 is 5.32 Å². The van der Waals surface area contributed by atoms with E-state index in [-0.39, 0.29) is 12.5 Å². The Morgan fingerprint density at radius 3 is 1.00 bits per heavy atom. The van der Waals surface area contributed by atoms with E-state index >= 15 is 0 Å². The largest absolute Gasteiger partial charge is 0.394 e. The van der Waals surface area contributed by atoms with Crippen molar-refractivity contribution in [2.24, 2.45) is 0 Å². The van der Waals surface area contributed by atoms with E-state index in [1.807, 2.05) is 6.08 Å². The summed E-state index contributed by atoms with van der Waals surface area (Å²) < 4.78 is 0. The van der Waals surface area contributed by atoms with E-state index in [0.717, 1.165) is 38.5 Å². The number of allylic oxidation sites excluding steroid dienone is 5. The van der Waals surface area contributed by atoms with Gasteiger partial charge in [0.1, 0.15) is 0 Å². The van der Waals surface area contributed by atoms with Gasteiger partial charge in [-0.2, -0.15) is 0 Å². The minimum absolute atomic E-state index is 0.0745. The number of carbonyl (C=O) groups is 1. The molecule has 2 unspecified atom stereocenters. The molecule has 0 rings (SSSR count). The number of aliphatic hydroxyl groups excluding tert-OH is 2. The van der Waals surface area contributed by atoms with E-state index in [4.69, 9.17) is 0 Å². The highest BCUT2D eigenvalue weighted by molar-refractivity contribution is 5.76. The van der Waals surface area contributed by atoms with E-state index in [0.29, 0.717) is 6.42 Å². The van der Waals surface area contributed by atoms with Crippen LogP contribution in [0.1, 0.15) is 284 Å². The molecule has 0 saturated heterocycles. The average Bonchev–Trinajstić information content (AvgIpc) is 3.23. The smallest absolute Gasteiger partial charge is 0.220 e. The third kappa shape index (κ3) is 45.7. The molecule has 0 fully saturated rings. The predicted molar refractivity (Wildman–Crippen MR) is 258 cm³/mol. The third-order valence-corrected chi connectivity index (χ3v) is 12.1. The Hall–Kier alpha value is -1.39. The fourth-order valence-corrected chi connectivity index (χ4v) is 8.10. The maximum Gasteiger partial charge on any atom is 0.220 e. The molecule has 0 aromatic carbocycles. The van der Waals surface area contributed by atoms with Crippen molar-refractivity contribution in [3.63, 3.8) is 0 Å². The van der Waals surface area contributed by atoms with Gasteiger partial charge in [0.15, 0.2) is 0 Å². The second kappa shape index (κ2) is 50.0. The molecule has 58 heavy (non-hydrogen) atoms. The van der Waals surface area contributed by atoms with Gasteiger partial charge in [-0.15, -0.1) is 0 Å². The Bertz CT molecular complexity index is 882. The summed E-state index contributed by atoms with van der Waals surface area (Å²) in [7, 11) is 0. The van der Waals surface area contributed by atoms with Crippen molar-refractivity contribution in [1.29, 1.82) is 0 Å². The lowest BCUT2D eigenvalue weighted by Crippen LogP contribution is -2.45. The molecule has 4 heteroatoms. The van der Waals surface area contributed by atoms with E-state index < -0.39 is 12.1 Å². The Morgan fingerprint density at radius 2 is 0.672 bits per heavy atom. The van der Waals surface area contributed by atoms with Gasteiger partial charge >= 0.3 is 0 Å². The molecular weight excluding hydrogens is 711 g/mol. The lowest BCUT2D eigenvalue weighted by molar-refractivity contribution is -0.123. The van der Waals surface area contributed by atoms with Crippen LogP contribution in [-0.2, 0) is 4.79 Å². The first-order valence-electron chi connectivity index (χ1n) is 26.2. The first-order chi connectivity index (χ1) is 28.7. The molecular formula is C54H103NO3. The SMILES string of the molecule is CCCCC/C=C/CC/C=C/CC/C=C/C(O)C(CO)NC(=O)CCCCCCCCCCCCCCCCCCCCCCCCCCCCCCCCCCC. The predicted octanol–water partition coefficient (Wildman–Crippen LogP) is 16.9. The van der Waals surface area contributed by atoms with Gasteiger partial charge in [0.25, 0.3) is 0 Å². The Morgan fingerprint density at radius 1 is 0.397 bits per heavy atom. The topological polar surface area (TPSA) is 69.6 Å². The lowest BCUT2D eigenvalue weighted by atomic mass is 10.0. The molecule has 0 aromatic rings. The Balaban J connectivity index is 3.41. The van der Waals surface area contributed by atoms with Crippen LogP contribution in [0.3, 0.4) is 0 Å². The monoisotopic (exact) mass is 814 g/mol. The van der Waals surface area contributed by atoms with Crippen LogP contribution in [0.25, 0.3) is 0 Å². The molecule has 0 radical (unpaired) electrons. The van der Waals surface area contributed by atoms with Crippen LogP contribution in [0.4, 0.5) is 0 Å². The molecule has 0 aliphatic rings. The highest BCUT2D eigenvalue weighted by atomic mass is 16.3. The number of hydrogen-bond acceptors (Lipinski definition) is 3. The van der Waals surface area contributed by atoms with Crippen molar-refractivity contribution in [2.45, 2.75) is 296 Å². The second-order valence-electron chi connectivity index (χ2n) is 17.9. The van der Waals surface area contributed by atoms with Gasteiger partial charge < -0.3 is 15.5 Å². The summed E-state index contributed by atoms with van der Waals surface area (Å²) in [5, 5.41) is 23.0. The number of amides is 1. The molecule has 0 bridgehead atoms. The van der Waals surface area contributed by atoms with Gasteiger partial charge in [0, 0.05) is 6.42 Å². The highest BCUT2D eigenvalue weighted by Crippen LogP contribution is 2.17. The number of rotatable bonds is 48. The van der Waals surface area contributed by atoms with Crippen LogP contribution >= 0.6 is 0 Å². The first kappa shape index (κ1) is 56.6. The zero-order valence-corrected chi connectivity index (χ0v) is 39.3. The maximum absolute atomic E-state index is 12.4. The van der Waals surface area contributed by atoms with Crippen molar-refractivity contribution >= 4 is 5.91 Å². The summed E-state index contributed by atoms with van der Waals surface area (Å²) in [5.41, 5.74) is 0. The second-order valence-corrected chi connectivity index (χ2v) is 17.9. The fraction of sp³-hybridized carbons (Fsp3) is 0.870. The molecule has 0 saturated carbocycles.